The quantitative estimate of drug-likeness (QED) is 0.282. The van der Waals surface area contributed by atoms with Gasteiger partial charge in [-0.15, -0.1) is 0 Å². The van der Waals surface area contributed by atoms with Gasteiger partial charge < -0.3 is 9.30 Å². The van der Waals surface area contributed by atoms with Crippen molar-refractivity contribution in [2.45, 2.75) is 44.9 Å². The van der Waals surface area contributed by atoms with Crippen LogP contribution in [0, 0.1) is 0 Å². The number of fused-ring (bicyclic) bond motifs is 1. The van der Waals surface area contributed by atoms with E-state index in [0.29, 0.717) is 12.0 Å². The Hall–Kier alpha value is -3.19. The Balaban J connectivity index is 1.56. The summed E-state index contributed by atoms with van der Waals surface area (Å²) < 4.78 is 9.96. The third-order valence-electron chi connectivity index (χ3n) is 6.32. The molecule has 2 aromatic carbocycles. The third-order valence-corrected chi connectivity index (χ3v) is 6.81. The molecule has 5 rings (SSSR count). The van der Waals surface area contributed by atoms with Gasteiger partial charge in [-0.05, 0) is 74.4 Å². The second-order valence-electron chi connectivity index (χ2n) is 8.56. The van der Waals surface area contributed by atoms with Crippen molar-refractivity contribution in [3.05, 3.63) is 87.1 Å². The molecule has 0 bridgehead atoms. The molecule has 0 amide bonds. The Bertz CT molecular complexity index is 1380. The molecule has 2 heterocycles. The van der Waals surface area contributed by atoms with Crippen LogP contribution in [-0.2, 0) is 0 Å². The summed E-state index contributed by atoms with van der Waals surface area (Å²) in [5.74, 6) is 1.84. The number of ether oxygens (including phenoxy) is 1. The van der Waals surface area contributed by atoms with Gasteiger partial charge in [0.05, 0.1) is 29.4 Å². The van der Waals surface area contributed by atoms with Gasteiger partial charge in [-0.1, -0.05) is 35.2 Å². The van der Waals surface area contributed by atoms with Crippen molar-refractivity contribution in [2.24, 2.45) is 5.10 Å². The predicted octanol–water partition coefficient (Wildman–Crippen LogP) is 6.28. The number of hydrogen-bond donors (Lipinski definition) is 0. The fraction of sp³-hybridized carbons (Fsp3) is 0.296. The van der Waals surface area contributed by atoms with Crippen LogP contribution in [0.3, 0.4) is 0 Å². The maximum absolute atomic E-state index is 13.5. The van der Waals surface area contributed by atoms with E-state index in [9.17, 15) is 4.79 Å². The number of halogens is 1. The van der Waals surface area contributed by atoms with Gasteiger partial charge in [0.25, 0.3) is 5.56 Å². The first-order chi connectivity index (χ1) is 16.6. The number of hydrogen-bond acceptors (Lipinski definition) is 4. The maximum atomic E-state index is 13.5. The summed E-state index contributed by atoms with van der Waals surface area (Å²) in [6.45, 7) is 2.60. The van der Waals surface area contributed by atoms with Crippen LogP contribution in [0.25, 0.3) is 16.6 Å². The molecule has 0 unspecified atom stereocenters. The largest absolute Gasteiger partial charge is 0.494 e. The first-order valence-electron chi connectivity index (χ1n) is 11.8. The molecule has 2 aromatic heterocycles. The molecule has 0 spiro atoms. The fourth-order valence-electron chi connectivity index (χ4n) is 4.62. The van der Waals surface area contributed by atoms with Gasteiger partial charge in [-0.2, -0.15) is 9.78 Å². The minimum atomic E-state index is -0.137. The van der Waals surface area contributed by atoms with Crippen LogP contribution in [0.1, 0.15) is 56.5 Å². The average molecular weight is 519 g/mol. The highest BCUT2D eigenvalue weighted by Gasteiger charge is 2.22. The van der Waals surface area contributed by atoms with Crippen LogP contribution in [0.4, 0.5) is 0 Å². The Kier molecular flexibility index (Phi) is 6.63. The number of nitrogens with zero attached hydrogens (tertiary/aromatic N) is 4. The summed E-state index contributed by atoms with van der Waals surface area (Å²) in [6, 6.07) is 17.5. The molecule has 0 radical (unpaired) electrons. The summed E-state index contributed by atoms with van der Waals surface area (Å²) >= 11 is 3.48. The van der Waals surface area contributed by atoms with E-state index in [1.807, 2.05) is 72.3 Å². The molecule has 0 saturated heterocycles. The molecule has 0 aliphatic heterocycles. The smallest absolute Gasteiger partial charge is 0.282 e. The van der Waals surface area contributed by atoms with E-state index in [1.54, 1.807) is 6.21 Å². The van der Waals surface area contributed by atoms with Gasteiger partial charge in [-0.3, -0.25) is 4.79 Å². The second-order valence-corrected chi connectivity index (χ2v) is 9.47. The number of rotatable bonds is 6. The summed E-state index contributed by atoms with van der Waals surface area (Å²) in [7, 11) is 0. The Morgan fingerprint density at radius 2 is 1.91 bits per heavy atom. The lowest BCUT2D eigenvalue weighted by Gasteiger charge is -2.22. The highest BCUT2D eigenvalue weighted by molar-refractivity contribution is 9.10. The van der Waals surface area contributed by atoms with Crippen molar-refractivity contribution in [3.8, 4) is 11.4 Å². The summed E-state index contributed by atoms with van der Waals surface area (Å²) in [4.78, 5) is 18.4. The van der Waals surface area contributed by atoms with Crippen molar-refractivity contribution in [3.63, 3.8) is 0 Å². The molecule has 174 valence electrons. The highest BCUT2D eigenvalue weighted by Crippen LogP contribution is 2.32. The van der Waals surface area contributed by atoms with Crippen LogP contribution in [0.2, 0.25) is 0 Å². The van der Waals surface area contributed by atoms with Crippen LogP contribution in [0.5, 0.6) is 5.75 Å². The molecule has 34 heavy (non-hydrogen) atoms. The van der Waals surface area contributed by atoms with Gasteiger partial charge >= 0.3 is 0 Å². The fourth-order valence-corrected chi connectivity index (χ4v) is 4.98. The first kappa shape index (κ1) is 22.6. The van der Waals surface area contributed by atoms with Gasteiger partial charge in [0.1, 0.15) is 11.6 Å². The van der Waals surface area contributed by atoms with Crippen molar-refractivity contribution < 1.29 is 4.74 Å². The van der Waals surface area contributed by atoms with E-state index in [1.165, 1.54) is 11.1 Å². The third kappa shape index (κ3) is 4.57. The topological polar surface area (TPSA) is 61.4 Å². The lowest BCUT2D eigenvalue weighted by molar-refractivity contribution is 0.340. The highest BCUT2D eigenvalue weighted by atomic mass is 79.9. The van der Waals surface area contributed by atoms with Crippen molar-refractivity contribution in [2.75, 3.05) is 6.61 Å². The first-order valence-corrected chi connectivity index (χ1v) is 12.6. The monoisotopic (exact) mass is 518 g/mol. The average Bonchev–Trinajstić information content (AvgIpc) is 3.33. The summed E-state index contributed by atoms with van der Waals surface area (Å²) in [6.07, 6.45) is 9.35. The van der Waals surface area contributed by atoms with Gasteiger partial charge in [0, 0.05) is 22.3 Å². The zero-order chi connectivity index (χ0) is 23.5. The zero-order valence-corrected chi connectivity index (χ0v) is 20.7. The lowest BCUT2D eigenvalue weighted by Crippen LogP contribution is -2.25. The van der Waals surface area contributed by atoms with Gasteiger partial charge in [0.15, 0.2) is 0 Å². The molecule has 1 fully saturated rings. The SMILES string of the molecule is CCOc1ccc(-n2cccc2C=Nn2c(C3CCCCC3)nc3ccc(Br)cc3c2=O)cc1. The van der Waals surface area contributed by atoms with E-state index in [2.05, 4.69) is 15.9 Å². The molecule has 0 atom stereocenters. The Morgan fingerprint density at radius 3 is 2.68 bits per heavy atom. The lowest BCUT2D eigenvalue weighted by atomic mass is 9.88. The van der Waals surface area contributed by atoms with Crippen molar-refractivity contribution in [1.82, 2.24) is 14.2 Å². The van der Waals surface area contributed by atoms with Gasteiger partial charge in [-0.25, -0.2) is 4.98 Å². The van der Waals surface area contributed by atoms with E-state index >= 15 is 0 Å². The second kappa shape index (κ2) is 9.97. The normalized spacial score (nSPS) is 14.8. The molecular formula is C27H27BrN4O2. The van der Waals surface area contributed by atoms with E-state index in [4.69, 9.17) is 14.8 Å². The Labute approximate surface area is 207 Å². The molecule has 7 heteroatoms. The van der Waals surface area contributed by atoms with Crippen LogP contribution >= 0.6 is 15.9 Å². The Morgan fingerprint density at radius 1 is 1.12 bits per heavy atom. The molecule has 1 aliphatic rings. The molecule has 6 nitrogen and oxygen atoms in total. The minimum Gasteiger partial charge on any atom is -0.494 e. The van der Waals surface area contributed by atoms with E-state index in [-0.39, 0.29) is 11.5 Å². The standard InChI is InChI=1S/C27H27BrN4O2/c1-2-34-23-13-11-21(12-14-23)31-16-6-9-22(31)18-29-32-26(19-7-4-3-5-8-19)30-25-15-10-20(28)17-24(25)27(32)33/h6,9-19H,2-5,7-8H2,1H3. The maximum Gasteiger partial charge on any atom is 0.282 e. The van der Waals surface area contributed by atoms with Gasteiger partial charge in [0.2, 0.25) is 0 Å². The summed E-state index contributed by atoms with van der Waals surface area (Å²) in [5.41, 5.74) is 2.45. The van der Waals surface area contributed by atoms with Crippen LogP contribution < -0.4 is 10.3 Å². The molecule has 1 aliphatic carbocycles. The molecule has 1 saturated carbocycles. The zero-order valence-electron chi connectivity index (χ0n) is 19.2. The van der Waals surface area contributed by atoms with Crippen molar-refractivity contribution in [1.29, 1.82) is 0 Å². The minimum absolute atomic E-state index is 0.137. The van der Waals surface area contributed by atoms with E-state index < -0.39 is 0 Å². The molecule has 4 aromatic rings. The number of benzene rings is 2. The number of aromatic nitrogens is 3. The van der Waals surface area contributed by atoms with Crippen LogP contribution in [0.15, 0.2) is 75.2 Å². The predicted molar refractivity (Wildman–Crippen MR) is 139 cm³/mol. The van der Waals surface area contributed by atoms with Crippen molar-refractivity contribution >= 4 is 33.0 Å². The summed E-state index contributed by atoms with van der Waals surface area (Å²) in [5, 5.41) is 5.26. The van der Waals surface area contributed by atoms with Crippen LogP contribution in [-0.4, -0.2) is 27.0 Å². The molecule has 0 N–H and O–H groups in total. The van der Waals surface area contributed by atoms with E-state index in [0.717, 1.165) is 58.6 Å². The molecular weight excluding hydrogens is 492 g/mol.